The monoisotopic (exact) mass is 463 g/mol. The van der Waals surface area contributed by atoms with Crippen LogP contribution in [-0.2, 0) is 9.16 Å². The molecular formula is C21H33N5O5Si. The molecule has 0 aliphatic carbocycles. The normalized spacial score (nSPS) is 19.0. The third kappa shape index (κ3) is 4.60. The van der Waals surface area contributed by atoms with Crippen molar-refractivity contribution < 1.29 is 18.5 Å². The van der Waals surface area contributed by atoms with E-state index in [0.29, 0.717) is 62.5 Å². The minimum absolute atomic E-state index is 0.0501. The molecule has 2 aromatic rings. The van der Waals surface area contributed by atoms with E-state index in [1.807, 2.05) is 9.80 Å². The molecule has 2 saturated heterocycles. The van der Waals surface area contributed by atoms with Crippen molar-refractivity contribution in [1.82, 2.24) is 9.97 Å². The lowest BCUT2D eigenvalue weighted by Crippen LogP contribution is -2.47. The van der Waals surface area contributed by atoms with Crippen molar-refractivity contribution in [3.63, 3.8) is 0 Å². The number of oxazole rings is 1. The molecule has 0 amide bonds. The van der Waals surface area contributed by atoms with E-state index < -0.39 is 13.2 Å². The first-order valence-corrected chi connectivity index (χ1v) is 14.2. The molecule has 2 aliphatic rings. The van der Waals surface area contributed by atoms with Gasteiger partial charge in [0.05, 0.1) is 24.2 Å². The van der Waals surface area contributed by atoms with Gasteiger partial charge in [0.2, 0.25) is 11.5 Å². The quantitative estimate of drug-likeness (QED) is 0.370. The Morgan fingerprint density at radius 3 is 2.38 bits per heavy atom. The SMILES string of the molecule is CC(C)(C)[Si](C)(C)OC1CCN(c2nc3nc(N4CCOCC4)oc3cc2[N+](=O)[O-])CC1. The van der Waals surface area contributed by atoms with Gasteiger partial charge in [-0.1, -0.05) is 20.8 Å². The highest BCUT2D eigenvalue weighted by Gasteiger charge is 2.40. The van der Waals surface area contributed by atoms with Crippen LogP contribution in [0.15, 0.2) is 10.5 Å². The topological polar surface area (TPSA) is 107 Å². The fourth-order valence-corrected chi connectivity index (χ4v) is 5.29. The van der Waals surface area contributed by atoms with Crippen LogP contribution in [0.1, 0.15) is 33.6 Å². The van der Waals surface area contributed by atoms with Gasteiger partial charge in [0.15, 0.2) is 13.9 Å². The highest BCUT2D eigenvalue weighted by atomic mass is 28.4. The number of ether oxygens (including phenoxy) is 1. The molecule has 4 heterocycles. The van der Waals surface area contributed by atoms with Crippen molar-refractivity contribution >= 4 is 37.1 Å². The number of aromatic nitrogens is 2. The molecule has 0 unspecified atom stereocenters. The van der Waals surface area contributed by atoms with Crippen molar-refractivity contribution in [1.29, 1.82) is 0 Å². The zero-order chi connectivity index (χ0) is 23.1. The van der Waals surface area contributed by atoms with Crippen molar-refractivity contribution in [2.24, 2.45) is 0 Å². The van der Waals surface area contributed by atoms with Crippen LogP contribution in [0.4, 0.5) is 17.5 Å². The standard InChI is InChI=1S/C21H33N5O5Si/c1-21(2,3)32(4,5)31-15-6-8-24(9-7-15)19-16(26(27)28)14-17-18(22-19)23-20(30-17)25-10-12-29-13-11-25/h14-15H,6-13H2,1-5H3. The van der Waals surface area contributed by atoms with Crippen molar-refractivity contribution in [2.75, 3.05) is 49.2 Å². The minimum atomic E-state index is -1.85. The first-order valence-electron chi connectivity index (χ1n) is 11.3. The van der Waals surface area contributed by atoms with Crippen LogP contribution in [0, 0.1) is 10.1 Å². The maximum absolute atomic E-state index is 11.8. The molecule has 0 bridgehead atoms. The second-order valence-corrected chi connectivity index (χ2v) is 14.8. The van der Waals surface area contributed by atoms with E-state index >= 15 is 0 Å². The van der Waals surface area contributed by atoms with E-state index in [4.69, 9.17) is 13.6 Å². The summed E-state index contributed by atoms with van der Waals surface area (Å²) in [6.07, 6.45) is 1.82. The van der Waals surface area contributed by atoms with Crippen molar-refractivity contribution in [2.45, 2.75) is 57.8 Å². The highest BCUT2D eigenvalue weighted by molar-refractivity contribution is 6.74. The maximum atomic E-state index is 11.8. The highest BCUT2D eigenvalue weighted by Crippen LogP contribution is 2.39. The molecule has 0 N–H and O–H groups in total. The zero-order valence-corrected chi connectivity index (χ0v) is 20.6. The van der Waals surface area contributed by atoms with Gasteiger partial charge in [-0.25, -0.2) is 4.98 Å². The predicted octanol–water partition coefficient (Wildman–Crippen LogP) is 3.96. The fourth-order valence-electron chi connectivity index (χ4n) is 3.87. The second-order valence-electron chi connectivity index (χ2n) is 10.1. The van der Waals surface area contributed by atoms with E-state index in [0.717, 1.165) is 12.8 Å². The summed E-state index contributed by atoms with van der Waals surface area (Å²) in [6.45, 7) is 15.1. The lowest BCUT2D eigenvalue weighted by Gasteiger charge is -2.42. The van der Waals surface area contributed by atoms with Crippen LogP contribution in [0.3, 0.4) is 0 Å². The van der Waals surface area contributed by atoms with Crippen LogP contribution >= 0.6 is 0 Å². The van der Waals surface area contributed by atoms with Crippen LogP contribution < -0.4 is 9.80 Å². The lowest BCUT2D eigenvalue weighted by molar-refractivity contribution is -0.384. The number of pyridine rings is 1. The number of rotatable bonds is 5. The van der Waals surface area contributed by atoms with Crippen molar-refractivity contribution in [3.8, 4) is 0 Å². The molecule has 4 rings (SSSR count). The molecule has 2 aromatic heterocycles. The van der Waals surface area contributed by atoms with E-state index in [2.05, 4.69) is 43.8 Å². The molecule has 2 aliphatic heterocycles. The molecule has 0 aromatic carbocycles. The largest absolute Gasteiger partial charge is 0.421 e. The summed E-state index contributed by atoms with van der Waals surface area (Å²) in [7, 11) is -1.85. The number of hydrogen-bond acceptors (Lipinski definition) is 9. The van der Waals surface area contributed by atoms with Crippen LogP contribution in [0.5, 0.6) is 0 Å². The number of nitrogens with zero attached hydrogens (tertiary/aromatic N) is 5. The minimum Gasteiger partial charge on any atom is -0.421 e. The summed E-state index contributed by atoms with van der Waals surface area (Å²) in [5, 5.41) is 12.0. The second kappa shape index (κ2) is 8.60. The first-order chi connectivity index (χ1) is 15.0. The molecule has 176 valence electrons. The molecular weight excluding hydrogens is 430 g/mol. The van der Waals surface area contributed by atoms with Gasteiger partial charge in [-0.15, -0.1) is 0 Å². The van der Waals surface area contributed by atoms with Gasteiger partial charge in [-0.2, -0.15) is 4.98 Å². The molecule has 32 heavy (non-hydrogen) atoms. The Kier molecular flexibility index (Phi) is 6.16. The Balaban J connectivity index is 1.53. The van der Waals surface area contributed by atoms with E-state index in [9.17, 15) is 10.1 Å². The van der Waals surface area contributed by atoms with Crippen molar-refractivity contribution in [3.05, 3.63) is 16.2 Å². The Morgan fingerprint density at radius 2 is 1.78 bits per heavy atom. The smallest absolute Gasteiger partial charge is 0.315 e. The number of anilines is 2. The van der Waals surface area contributed by atoms with Crippen LogP contribution in [-0.4, -0.2) is 68.7 Å². The molecule has 0 saturated carbocycles. The number of morpholine rings is 1. The Hall–Kier alpha value is -2.24. The molecule has 2 fully saturated rings. The van der Waals surface area contributed by atoms with E-state index in [-0.39, 0.29) is 16.8 Å². The van der Waals surface area contributed by atoms with Crippen LogP contribution in [0.25, 0.3) is 11.2 Å². The third-order valence-electron chi connectivity index (χ3n) is 6.82. The number of piperidine rings is 1. The summed E-state index contributed by atoms with van der Waals surface area (Å²) >= 11 is 0. The fraction of sp³-hybridized carbons (Fsp3) is 0.714. The third-order valence-corrected chi connectivity index (χ3v) is 11.4. The van der Waals surface area contributed by atoms with Gasteiger partial charge < -0.3 is 23.4 Å². The zero-order valence-electron chi connectivity index (χ0n) is 19.6. The Labute approximate surface area is 189 Å². The van der Waals surface area contributed by atoms with E-state index in [1.165, 1.54) is 6.07 Å². The van der Waals surface area contributed by atoms with Crippen LogP contribution in [0.2, 0.25) is 18.1 Å². The molecule has 10 nitrogen and oxygen atoms in total. The Morgan fingerprint density at radius 1 is 1.12 bits per heavy atom. The van der Waals surface area contributed by atoms with Gasteiger partial charge in [-0.3, -0.25) is 10.1 Å². The predicted molar refractivity (Wildman–Crippen MR) is 125 cm³/mol. The average Bonchev–Trinajstić information content (AvgIpc) is 3.16. The summed E-state index contributed by atoms with van der Waals surface area (Å²) in [4.78, 5) is 24.4. The van der Waals surface area contributed by atoms with Gasteiger partial charge in [0.1, 0.15) is 0 Å². The first kappa shape index (κ1) is 22.9. The molecule has 0 radical (unpaired) electrons. The summed E-state index contributed by atoms with van der Waals surface area (Å²) in [6, 6.07) is 1.89. The lowest BCUT2D eigenvalue weighted by atomic mass is 10.1. The molecule has 11 heteroatoms. The summed E-state index contributed by atoms with van der Waals surface area (Å²) < 4.78 is 17.7. The average molecular weight is 464 g/mol. The number of nitro groups is 1. The number of hydrogen-bond donors (Lipinski definition) is 0. The van der Waals surface area contributed by atoms with Gasteiger partial charge in [0.25, 0.3) is 6.01 Å². The van der Waals surface area contributed by atoms with Gasteiger partial charge in [-0.05, 0) is 31.0 Å². The molecule has 0 spiro atoms. The van der Waals surface area contributed by atoms with E-state index in [1.54, 1.807) is 0 Å². The summed E-state index contributed by atoms with van der Waals surface area (Å²) in [5.74, 6) is 0.357. The summed E-state index contributed by atoms with van der Waals surface area (Å²) in [5.41, 5.74) is 0.677. The number of fused-ring (bicyclic) bond motifs is 1. The molecule has 0 atom stereocenters. The maximum Gasteiger partial charge on any atom is 0.315 e. The Bertz CT molecular complexity index is 975. The van der Waals surface area contributed by atoms with Gasteiger partial charge >= 0.3 is 5.69 Å². The van der Waals surface area contributed by atoms with Gasteiger partial charge in [0, 0.05) is 32.3 Å².